The van der Waals surface area contributed by atoms with Gasteiger partial charge in [0, 0.05) is 16.8 Å². The third kappa shape index (κ3) is 8.56. The van der Waals surface area contributed by atoms with Crippen molar-refractivity contribution in [2.75, 3.05) is 4.90 Å². The summed E-state index contributed by atoms with van der Waals surface area (Å²) in [5.74, 6) is 0. The van der Waals surface area contributed by atoms with Crippen molar-refractivity contribution in [1.29, 1.82) is 0 Å². The molecule has 0 heterocycles. The number of hydrogen-bond donors (Lipinski definition) is 0. The molecule has 0 N–H and O–H groups in total. The van der Waals surface area contributed by atoms with E-state index in [1.807, 2.05) is 0 Å². The Balaban J connectivity index is 1.08. The van der Waals surface area contributed by atoms with E-state index in [-0.39, 0.29) is 0 Å². The summed E-state index contributed by atoms with van der Waals surface area (Å²) in [5.41, 5.74) is 16.0. The van der Waals surface area contributed by atoms with Gasteiger partial charge in [-0.1, -0.05) is 206 Å². The summed E-state index contributed by atoms with van der Waals surface area (Å²) in [6, 6.07) is 72.0. The summed E-state index contributed by atoms with van der Waals surface area (Å²) in [6.07, 6.45) is 18.1. The van der Waals surface area contributed by atoms with E-state index >= 15 is 0 Å². The summed E-state index contributed by atoms with van der Waals surface area (Å²) in [7, 11) is 0. The first-order valence-electron chi connectivity index (χ1n) is 20.8. The standard InChI is InChI=1S/C58H47N/c1-5-21-46(22-6-1)54(47-23-7-2-8-24-47)33-17-19-44-35-39-52(40-36-44)59(53-41-37-45-20-13-14-29-51(45)43-53)58-42-38-50(56-31-15-16-32-57(56)58)30-18-34-55(48-25-9-3-10-26-48)49-27-11-4-12-28-49/h1-12,15-19,21-28,30-43H,13-14,20,29H2/b19-17+,30-18+. The SMILES string of the molecule is C(/C=C/c1ccc(N(c2ccc3c(c2)CCCC3)c2ccc(/C=C/C=C(c3ccccc3)c3ccccc3)c3ccccc23)cc1)=C(c1ccccc1)c1ccccc1. The lowest BCUT2D eigenvalue weighted by molar-refractivity contribution is 0.685. The number of anilines is 3. The Labute approximate surface area is 349 Å². The van der Waals surface area contributed by atoms with E-state index < -0.39 is 0 Å². The minimum absolute atomic E-state index is 1.13. The Morgan fingerprint density at radius 1 is 0.390 bits per heavy atom. The largest absolute Gasteiger partial charge is 0.310 e. The molecule has 0 saturated heterocycles. The Morgan fingerprint density at radius 3 is 1.42 bits per heavy atom. The second-order valence-corrected chi connectivity index (χ2v) is 15.1. The molecule has 1 aliphatic carbocycles. The molecule has 284 valence electrons. The first-order chi connectivity index (χ1) is 29.3. The molecule has 0 saturated carbocycles. The van der Waals surface area contributed by atoms with Gasteiger partial charge in [0.1, 0.15) is 0 Å². The third-order valence-corrected chi connectivity index (χ3v) is 11.3. The summed E-state index contributed by atoms with van der Waals surface area (Å²) in [4.78, 5) is 2.45. The molecule has 0 atom stereocenters. The van der Waals surface area contributed by atoms with Crippen LogP contribution in [0.5, 0.6) is 0 Å². The Morgan fingerprint density at radius 2 is 0.864 bits per heavy atom. The molecular formula is C58H47N. The van der Waals surface area contributed by atoms with Crippen molar-refractivity contribution in [2.24, 2.45) is 0 Å². The molecule has 8 aromatic carbocycles. The maximum absolute atomic E-state index is 2.45. The van der Waals surface area contributed by atoms with E-state index in [4.69, 9.17) is 0 Å². The first-order valence-corrected chi connectivity index (χ1v) is 20.8. The monoisotopic (exact) mass is 757 g/mol. The van der Waals surface area contributed by atoms with Crippen molar-refractivity contribution < 1.29 is 0 Å². The van der Waals surface area contributed by atoms with E-state index in [1.54, 1.807) is 0 Å². The molecule has 59 heavy (non-hydrogen) atoms. The topological polar surface area (TPSA) is 3.24 Å². The van der Waals surface area contributed by atoms with E-state index in [2.05, 4.69) is 242 Å². The number of nitrogens with zero attached hydrogens (tertiary/aromatic N) is 1. The van der Waals surface area contributed by atoms with Crippen molar-refractivity contribution >= 4 is 51.1 Å². The molecule has 0 aromatic heterocycles. The minimum Gasteiger partial charge on any atom is -0.310 e. The molecule has 0 fully saturated rings. The second kappa shape index (κ2) is 17.9. The molecule has 0 amide bonds. The van der Waals surface area contributed by atoms with Gasteiger partial charge in [-0.2, -0.15) is 0 Å². The summed E-state index contributed by atoms with van der Waals surface area (Å²) in [6.45, 7) is 0. The second-order valence-electron chi connectivity index (χ2n) is 15.1. The maximum Gasteiger partial charge on any atom is 0.0540 e. The minimum atomic E-state index is 1.13. The molecule has 1 aliphatic rings. The van der Waals surface area contributed by atoms with Crippen molar-refractivity contribution in [2.45, 2.75) is 25.7 Å². The summed E-state index contributed by atoms with van der Waals surface area (Å²) in [5, 5.41) is 2.43. The molecule has 0 bridgehead atoms. The zero-order valence-electron chi connectivity index (χ0n) is 33.3. The van der Waals surface area contributed by atoms with Gasteiger partial charge in [-0.05, 0) is 117 Å². The zero-order valence-corrected chi connectivity index (χ0v) is 33.3. The maximum atomic E-state index is 2.45. The highest BCUT2D eigenvalue weighted by molar-refractivity contribution is 6.03. The highest BCUT2D eigenvalue weighted by Gasteiger charge is 2.19. The highest BCUT2D eigenvalue weighted by Crippen LogP contribution is 2.41. The van der Waals surface area contributed by atoms with Gasteiger partial charge in [-0.15, -0.1) is 0 Å². The van der Waals surface area contributed by atoms with Crippen LogP contribution in [0.25, 0.3) is 34.1 Å². The van der Waals surface area contributed by atoms with Crippen LogP contribution in [0.4, 0.5) is 17.1 Å². The number of fused-ring (bicyclic) bond motifs is 2. The van der Waals surface area contributed by atoms with E-state index in [0.29, 0.717) is 0 Å². The lowest BCUT2D eigenvalue weighted by atomic mass is 9.91. The molecule has 0 spiro atoms. The van der Waals surface area contributed by atoms with Crippen LogP contribution in [0.15, 0.2) is 224 Å². The first kappa shape index (κ1) is 37.4. The van der Waals surface area contributed by atoms with Crippen LogP contribution in [0, 0.1) is 0 Å². The fourth-order valence-electron chi connectivity index (χ4n) is 8.36. The highest BCUT2D eigenvalue weighted by atomic mass is 15.1. The van der Waals surface area contributed by atoms with Gasteiger partial charge in [0.05, 0.1) is 5.69 Å². The Kier molecular flexibility index (Phi) is 11.4. The van der Waals surface area contributed by atoms with Gasteiger partial charge < -0.3 is 4.90 Å². The predicted molar refractivity (Wildman–Crippen MR) is 253 cm³/mol. The normalized spacial score (nSPS) is 12.3. The molecule has 0 aliphatic heterocycles. The number of aryl methyl sites for hydroxylation is 2. The Hall–Kier alpha value is -7.22. The van der Waals surface area contributed by atoms with Gasteiger partial charge in [0.15, 0.2) is 0 Å². The molecule has 1 nitrogen and oxygen atoms in total. The van der Waals surface area contributed by atoms with Crippen LogP contribution < -0.4 is 4.90 Å². The smallest absolute Gasteiger partial charge is 0.0540 e. The van der Waals surface area contributed by atoms with Crippen molar-refractivity contribution in [3.8, 4) is 0 Å². The third-order valence-electron chi connectivity index (χ3n) is 11.3. The van der Waals surface area contributed by atoms with Crippen LogP contribution in [0.1, 0.15) is 57.3 Å². The fraction of sp³-hybridized carbons (Fsp3) is 0.0690. The lowest BCUT2D eigenvalue weighted by Crippen LogP contribution is -2.12. The van der Waals surface area contributed by atoms with Gasteiger partial charge >= 0.3 is 0 Å². The summed E-state index contributed by atoms with van der Waals surface area (Å²) < 4.78 is 0. The quantitative estimate of drug-likeness (QED) is 0.119. The van der Waals surface area contributed by atoms with E-state index in [9.17, 15) is 0 Å². The van der Waals surface area contributed by atoms with Crippen LogP contribution in [-0.4, -0.2) is 0 Å². The number of hydrogen-bond acceptors (Lipinski definition) is 1. The molecule has 0 radical (unpaired) electrons. The average molecular weight is 758 g/mol. The molecule has 1 heteroatoms. The zero-order chi connectivity index (χ0) is 39.6. The van der Waals surface area contributed by atoms with Gasteiger partial charge in [-0.25, -0.2) is 0 Å². The molecule has 9 rings (SSSR count). The molecule has 0 unspecified atom stereocenters. The number of allylic oxidation sites excluding steroid dienone is 4. The van der Waals surface area contributed by atoms with Gasteiger partial charge in [0.25, 0.3) is 0 Å². The summed E-state index contributed by atoms with van der Waals surface area (Å²) >= 11 is 0. The van der Waals surface area contributed by atoms with Crippen molar-refractivity contribution in [1.82, 2.24) is 0 Å². The van der Waals surface area contributed by atoms with Crippen LogP contribution in [0.3, 0.4) is 0 Å². The van der Waals surface area contributed by atoms with Gasteiger partial charge in [-0.3, -0.25) is 0 Å². The lowest BCUT2D eigenvalue weighted by Gasteiger charge is -2.29. The van der Waals surface area contributed by atoms with E-state index in [0.717, 1.165) is 24.1 Å². The number of rotatable bonds is 11. The van der Waals surface area contributed by atoms with E-state index in [1.165, 1.54) is 85.1 Å². The van der Waals surface area contributed by atoms with Crippen LogP contribution in [-0.2, 0) is 12.8 Å². The predicted octanol–water partition coefficient (Wildman–Crippen LogP) is 15.5. The van der Waals surface area contributed by atoms with Crippen molar-refractivity contribution in [3.63, 3.8) is 0 Å². The number of benzene rings is 8. The van der Waals surface area contributed by atoms with Crippen LogP contribution in [0.2, 0.25) is 0 Å². The van der Waals surface area contributed by atoms with Gasteiger partial charge in [0.2, 0.25) is 0 Å². The fourth-order valence-corrected chi connectivity index (χ4v) is 8.36. The van der Waals surface area contributed by atoms with Crippen LogP contribution >= 0.6 is 0 Å². The Bertz CT molecular complexity index is 2690. The molecular weight excluding hydrogens is 711 g/mol. The average Bonchev–Trinajstić information content (AvgIpc) is 3.31. The molecule has 8 aromatic rings. The van der Waals surface area contributed by atoms with Crippen molar-refractivity contribution in [3.05, 3.63) is 269 Å².